The van der Waals surface area contributed by atoms with Crippen LogP contribution in [0.25, 0.3) is 0 Å². The van der Waals surface area contributed by atoms with Crippen molar-refractivity contribution < 1.29 is 43.1 Å². The number of allylic oxidation sites excluding steroid dienone is 1. The minimum absolute atomic E-state index is 0.0388. The maximum Gasteiger partial charge on any atom is 0.333 e. The van der Waals surface area contributed by atoms with E-state index in [1.807, 2.05) is 79.7 Å². The van der Waals surface area contributed by atoms with Gasteiger partial charge in [0.2, 0.25) is 0 Å². The second-order valence-electron chi connectivity index (χ2n) is 13.7. The largest absolute Gasteiger partial charge is 0.493 e. The Bertz CT molecular complexity index is 1790. The summed E-state index contributed by atoms with van der Waals surface area (Å²) in [6.07, 6.45) is 3.24. The van der Waals surface area contributed by atoms with E-state index in [2.05, 4.69) is 24.3 Å². The molecule has 6 rings (SSSR count). The van der Waals surface area contributed by atoms with Gasteiger partial charge in [-0.15, -0.1) is 0 Å². The summed E-state index contributed by atoms with van der Waals surface area (Å²) in [5, 5.41) is 9.94. The fraction of sp³-hybridized carbons (Fsp3) is 0.400. The minimum Gasteiger partial charge on any atom is -0.493 e. The molecule has 54 heavy (non-hydrogen) atoms. The van der Waals surface area contributed by atoms with Crippen LogP contribution < -0.4 is 18.9 Å². The number of rotatable bonds is 14. The van der Waals surface area contributed by atoms with Gasteiger partial charge in [-0.1, -0.05) is 78.9 Å². The van der Waals surface area contributed by atoms with Crippen LogP contribution >= 0.6 is 0 Å². The second kappa shape index (κ2) is 20.0. The fourth-order valence-electron chi connectivity index (χ4n) is 7.32. The third kappa shape index (κ3) is 10.0. The quantitative estimate of drug-likeness (QED) is 0.102. The Balaban J connectivity index is 0.000000213. The highest BCUT2D eigenvalue weighted by molar-refractivity contribution is 5.87. The lowest BCUT2D eigenvalue weighted by atomic mass is 9.84. The molecule has 9 nitrogen and oxygen atoms in total. The van der Waals surface area contributed by atoms with E-state index in [1.54, 1.807) is 41.4 Å². The normalized spacial score (nSPS) is 22.2. The summed E-state index contributed by atoms with van der Waals surface area (Å²) in [6, 6.07) is 32.3. The smallest absolute Gasteiger partial charge is 0.333 e. The first kappa shape index (κ1) is 40.4. The lowest BCUT2D eigenvalue weighted by Crippen LogP contribution is -2.24. The minimum atomic E-state index is -0.283. The van der Waals surface area contributed by atoms with Gasteiger partial charge in [0.05, 0.1) is 60.5 Å². The molecule has 288 valence electrons. The van der Waals surface area contributed by atoms with Crippen LogP contribution in [0.15, 0.2) is 109 Å². The van der Waals surface area contributed by atoms with Crippen LogP contribution in [-0.2, 0) is 31.8 Å². The van der Waals surface area contributed by atoms with Crippen molar-refractivity contribution in [2.45, 2.75) is 38.9 Å². The number of carbonyl (C=O) groups is 1. The molecular formula is C45H54O9. The Hall–Kier alpha value is -4.83. The Morgan fingerprint density at radius 3 is 1.54 bits per heavy atom. The van der Waals surface area contributed by atoms with E-state index in [4.69, 9.17) is 33.2 Å². The summed E-state index contributed by atoms with van der Waals surface area (Å²) in [5.74, 6) is 3.08. The molecule has 4 aromatic carbocycles. The highest BCUT2D eigenvalue weighted by Gasteiger charge is 2.40. The molecule has 0 aliphatic carbocycles. The standard InChI is InChI=1S/C25H30O5.C20H24O4/c1-5-17(2)25(26)30-16-21-20(13-18-9-7-6-8-10-18)15-29-24(21)19-11-12-22(27-3)23(14-19)28-4;1-22-18-9-8-15(11-19(18)23-2)20-17(12-21)16(13-24-20)10-14-6-4-3-5-7-14/h5-12,14,20-21,24H,13,15-16H2,1-4H3;3-9,11,16-17,20-21H,10,12-13H2,1-2H3/b17-5-;/t20-,21-,24+;16-,17-,20+/m00/s1. The molecule has 0 unspecified atom stereocenters. The molecule has 0 bridgehead atoms. The molecule has 2 heterocycles. The molecule has 2 fully saturated rings. The van der Waals surface area contributed by atoms with Gasteiger partial charge in [-0.2, -0.15) is 0 Å². The number of carbonyl (C=O) groups excluding carboxylic acids is 1. The summed E-state index contributed by atoms with van der Waals surface area (Å²) in [4.78, 5) is 12.3. The molecule has 2 aliphatic rings. The molecular weight excluding hydrogens is 684 g/mol. The van der Waals surface area contributed by atoms with Gasteiger partial charge in [0, 0.05) is 24.0 Å². The van der Waals surface area contributed by atoms with E-state index in [9.17, 15) is 9.90 Å². The van der Waals surface area contributed by atoms with Crippen molar-refractivity contribution in [2.75, 3.05) is 54.9 Å². The van der Waals surface area contributed by atoms with E-state index in [1.165, 1.54) is 11.1 Å². The molecule has 0 amide bonds. The molecule has 0 aromatic heterocycles. The first-order valence-corrected chi connectivity index (χ1v) is 18.5. The summed E-state index contributed by atoms with van der Waals surface area (Å²) in [5.41, 5.74) is 5.14. The van der Waals surface area contributed by atoms with Gasteiger partial charge >= 0.3 is 5.97 Å². The monoisotopic (exact) mass is 738 g/mol. The predicted octanol–water partition coefficient (Wildman–Crippen LogP) is 8.00. The fourth-order valence-corrected chi connectivity index (χ4v) is 7.32. The van der Waals surface area contributed by atoms with Crippen molar-refractivity contribution in [1.29, 1.82) is 0 Å². The zero-order valence-electron chi connectivity index (χ0n) is 32.2. The first-order valence-electron chi connectivity index (χ1n) is 18.5. The van der Waals surface area contributed by atoms with E-state index in [0.29, 0.717) is 54.3 Å². The van der Waals surface area contributed by atoms with Gasteiger partial charge in [0.25, 0.3) is 0 Å². The number of hydrogen-bond acceptors (Lipinski definition) is 9. The number of hydrogen-bond donors (Lipinski definition) is 1. The summed E-state index contributed by atoms with van der Waals surface area (Å²) in [7, 11) is 6.48. The van der Waals surface area contributed by atoms with E-state index in [0.717, 1.165) is 24.0 Å². The van der Waals surface area contributed by atoms with Gasteiger partial charge in [-0.3, -0.25) is 0 Å². The van der Waals surface area contributed by atoms with Crippen LogP contribution in [0.5, 0.6) is 23.0 Å². The third-order valence-electron chi connectivity index (χ3n) is 10.5. The van der Waals surface area contributed by atoms with Crippen LogP contribution in [0, 0.1) is 23.7 Å². The number of ether oxygens (including phenoxy) is 7. The average Bonchev–Trinajstić information content (AvgIpc) is 3.82. The Morgan fingerprint density at radius 1 is 0.667 bits per heavy atom. The van der Waals surface area contributed by atoms with Crippen molar-refractivity contribution in [1.82, 2.24) is 0 Å². The zero-order valence-corrected chi connectivity index (χ0v) is 32.2. The van der Waals surface area contributed by atoms with Crippen LogP contribution in [-0.4, -0.2) is 65.9 Å². The van der Waals surface area contributed by atoms with Gasteiger partial charge < -0.3 is 38.3 Å². The van der Waals surface area contributed by atoms with Crippen molar-refractivity contribution >= 4 is 5.97 Å². The van der Waals surface area contributed by atoms with Crippen molar-refractivity contribution in [3.8, 4) is 23.0 Å². The summed E-state index contributed by atoms with van der Waals surface area (Å²) in [6.45, 7) is 5.27. The highest BCUT2D eigenvalue weighted by atomic mass is 16.5. The lowest BCUT2D eigenvalue weighted by Gasteiger charge is -2.24. The maximum atomic E-state index is 12.3. The Kier molecular flexibility index (Phi) is 15.0. The van der Waals surface area contributed by atoms with E-state index >= 15 is 0 Å². The Labute approximate surface area is 319 Å². The molecule has 9 heteroatoms. The van der Waals surface area contributed by atoms with Crippen molar-refractivity contribution in [3.05, 3.63) is 131 Å². The number of aliphatic hydroxyl groups is 1. The first-order chi connectivity index (χ1) is 26.3. The molecule has 0 spiro atoms. The molecule has 1 N–H and O–H groups in total. The van der Waals surface area contributed by atoms with Crippen molar-refractivity contribution in [2.24, 2.45) is 23.7 Å². The SMILES string of the molecule is C/C=C(/C)C(=O)OC[C@H]1[C@@H](Cc2ccccc2)CO[C@@H]1c1ccc(OC)c(OC)c1.COc1ccc([C@H]2OC[C@H](Cc3ccccc3)[C@@H]2CO)cc1OC. The molecule has 2 saturated heterocycles. The van der Waals surface area contributed by atoms with Crippen LogP contribution in [0.2, 0.25) is 0 Å². The average molecular weight is 739 g/mol. The molecule has 0 saturated carbocycles. The number of aliphatic hydroxyl groups excluding tert-OH is 1. The van der Waals surface area contributed by atoms with E-state index in [-0.39, 0.29) is 42.5 Å². The lowest BCUT2D eigenvalue weighted by molar-refractivity contribution is -0.141. The van der Waals surface area contributed by atoms with Gasteiger partial charge in [0.15, 0.2) is 23.0 Å². The van der Waals surface area contributed by atoms with Gasteiger partial charge in [-0.25, -0.2) is 4.79 Å². The summed E-state index contributed by atoms with van der Waals surface area (Å²) < 4.78 is 39.4. The number of esters is 1. The molecule has 2 aliphatic heterocycles. The van der Waals surface area contributed by atoms with Crippen molar-refractivity contribution in [3.63, 3.8) is 0 Å². The van der Waals surface area contributed by atoms with Gasteiger partial charge in [0.1, 0.15) is 0 Å². The zero-order chi connectivity index (χ0) is 38.5. The van der Waals surface area contributed by atoms with Gasteiger partial charge in [-0.05, 0) is 85.0 Å². The highest BCUT2D eigenvalue weighted by Crippen LogP contribution is 2.44. The summed E-state index contributed by atoms with van der Waals surface area (Å²) >= 11 is 0. The van der Waals surface area contributed by atoms with Crippen LogP contribution in [0.3, 0.4) is 0 Å². The third-order valence-corrected chi connectivity index (χ3v) is 10.5. The maximum absolute atomic E-state index is 12.3. The molecule has 4 aromatic rings. The Morgan fingerprint density at radius 2 is 1.11 bits per heavy atom. The number of benzene rings is 4. The molecule has 0 radical (unpaired) electrons. The molecule has 6 atom stereocenters. The van der Waals surface area contributed by atoms with Crippen LogP contribution in [0.1, 0.15) is 48.3 Å². The second-order valence-corrected chi connectivity index (χ2v) is 13.7. The van der Waals surface area contributed by atoms with Crippen LogP contribution in [0.4, 0.5) is 0 Å². The topological polar surface area (TPSA) is 102 Å². The number of methoxy groups -OCH3 is 4. The van der Waals surface area contributed by atoms with E-state index < -0.39 is 0 Å². The predicted molar refractivity (Wildman–Crippen MR) is 208 cm³/mol.